The number of carbonyl (C=O) groups excluding carboxylic acids is 3. The standard InChI is InChI=1S/C22H26N2O4/c1-4-23-22(27)17-9-8-15(2)19(14-17)24-21(26)7-5-6-20(25)16-10-12-18(28-3)13-11-16/h8-14H,4-7H2,1-3H3,(H,23,27)(H,24,26). The molecule has 0 saturated carbocycles. The van der Waals surface area contributed by atoms with Crippen LogP contribution in [-0.4, -0.2) is 31.3 Å². The molecule has 0 saturated heterocycles. The van der Waals surface area contributed by atoms with Crippen molar-refractivity contribution in [3.05, 3.63) is 59.2 Å². The average molecular weight is 382 g/mol. The van der Waals surface area contributed by atoms with Crippen LogP contribution in [0.3, 0.4) is 0 Å². The highest BCUT2D eigenvalue weighted by Gasteiger charge is 2.11. The maximum Gasteiger partial charge on any atom is 0.251 e. The molecule has 2 amide bonds. The molecule has 2 N–H and O–H groups in total. The third-order valence-electron chi connectivity index (χ3n) is 4.33. The van der Waals surface area contributed by atoms with Gasteiger partial charge >= 0.3 is 0 Å². The van der Waals surface area contributed by atoms with Crippen molar-refractivity contribution in [1.29, 1.82) is 0 Å². The van der Waals surface area contributed by atoms with Crippen molar-refractivity contribution < 1.29 is 19.1 Å². The molecule has 0 heterocycles. The Morgan fingerprint density at radius 1 is 0.964 bits per heavy atom. The molecule has 28 heavy (non-hydrogen) atoms. The number of hydrogen-bond donors (Lipinski definition) is 2. The van der Waals surface area contributed by atoms with Gasteiger partial charge in [0.1, 0.15) is 5.75 Å². The summed E-state index contributed by atoms with van der Waals surface area (Å²) in [6.45, 7) is 4.25. The van der Waals surface area contributed by atoms with Crippen molar-refractivity contribution in [2.24, 2.45) is 0 Å². The lowest BCUT2D eigenvalue weighted by atomic mass is 10.0. The summed E-state index contributed by atoms with van der Waals surface area (Å²) in [5, 5.41) is 5.56. The number of carbonyl (C=O) groups is 3. The van der Waals surface area contributed by atoms with E-state index < -0.39 is 0 Å². The van der Waals surface area contributed by atoms with Gasteiger partial charge in [0, 0.05) is 36.2 Å². The lowest BCUT2D eigenvalue weighted by Crippen LogP contribution is -2.23. The summed E-state index contributed by atoms with van der Waals surface area (Å²) < 4.78 is 5.08. The maximum absolute atomic E-state index is 12.2. The first-order chi connectivity index (χ1) is 13.4. The zero-order valence-corrected chi connectivity index (χ0v) is 16.5. The molecule has 0 bridgehead atoms. The Bertz CT molecular complexity index is 844. The van der Waals surface area contributed by atoms with Crippen LogP contribution < -0.4 is 15.4 Å². The van der Waals surface area contributed by atoms with Crippen molar-refractivity contribution in [1.82, 2.24) is 5.32 Å². The molecule has 0 spiro atoms. The summed E-state index contributed by atoms with van der Waals surface area (Å²) >= 11 is 0. The lowest BCUT2D eigenvalue weighted by molar-refractivity contribution is -0.116. The van der Waals surface area contributed by atoms with Gasteiger partial charge in [-0.1, -0.05) is 6.07 Å². The molecule has 148 valence electrons. The predicted molar refractivity (Wildman–Crippen MR) is 109 cm³/mol. The molecule has 2 aromatic carbocycles. The highest BCUT2D eigenvalue weighted by Crippen LogP contribution is 2.18. The van der Waals surface area contributed by atoms with Gasteiger partial charge in [-0.3, -0.25) is 14.4 Å². The van der Waals surface area contributed by atoms with Crippen LogP contribution in [0, 0.1) is 6.92 Å². The predicted octanol–water partition coefficient (Wildman–Crippen LogP) is 3.75. The molecule has 0 atom stereocenters. The molecule has 0 fully saturated rings. The fourth-order valence-electron chi connectivity index (χ4n) is 2.70. The van der Waals surface area contributed by atoms with Crippen molar-refractivity contribution in [3.8, 4) is 5.75 Å². The van der Waals surface area contributed by atoms with E-state index in [-0.39, 0.29) is 30.4 Å². The van der Waals surface area contributed by atoms with E-state index in [2.05, 4.69) is 10.6 Å². The van der Waals surface area contributed by atoms with E-state index in [1.54, 1.807) is 49.6 Å². The number of nitrogens with one attached hydrogen (secondary N) is 2. The number of anilines is 1. The monoisotopic (exact) mass is 382 g/mol. The summed E-state index contributed by atoms with van der Waals surface area (Å²) in [5.41, 5.74) is 2.58. The van der Waals surface area contributed by atoms with Gasteiger partial charge in [0.25, 0.3) is 5.91 Å². The molecule has 2 rings (SSSR count). The Hall–Kier alpha value is -3.15. The number of ketones is 1. The Kier molecular flexibility index (Phi) is 7.75. The van der Waals surface area contributed by atoms with Gasteiger partial charge in [0.2, 0.25) is 5.91 Å². The first-order valence-corrected chi connectivity index (χ1v) is 9.30. The van der Waals surface area contributed by atoms with Crippen LogP contribution in [0.4, 0.5) is 5.69 Å². The lowest BCUT2D eigenvalue weighted by Gasteiger charge is -2.11. The Morgan fingerprint density at radius 2 is 1.64 bits per heavy atom. The topological polar surface area (TPSA) is 84.5 Å². The summed E-state index contributed by atoms with van der Waals surface area (Å²) in [5.74, 6) is 0.327. The molecular weight excluding hydrogens is 356 g/mol. The number of ether oxygens (including phenoxy) is 1. The van der Waals surface area contributed by atoms with E-state index in [0.29, 0.717) is 35.5 Å². The number of rotatable bonds is 9. The fourth-order valence-corrected chi connectivity index (χ4v) is 2.70. The number of hydrogen-bond acceptors (Lipinski definition) is 4. The minimum atomic E-state index is -0.182. The van der Waals surface area contributed by atoms with Crippen LogP contribution in [0.15, 0.2) is 42.5 Å². The normalized spacial score (nSPS) is 10.2. The average Bonchev–Trinajstić information content (AvgIpc) is 2.69. The van der Waals surface area contributed by atoms with Crippen LogP contribution in [0.2, 0.25) is 0 Å². The molecule has 6 heteroatoms. The fraction of sp³-hybridized carbons (Fsp3) is 0.318. The van der Waals surface area contributed by atoms with Crippen LogP contribution >= 0.6 is 0 Å². The second kappa shape index (κ2) is 10.3. The van der Waals surface area contributed by atoms with Gasteiger partial charge < -0.3 is 15.4 Å². The second-order valence-electron chi connectivity index (χ2n) is 6.44. The molecule has 0 aliphatic rings. The zero-order valence-electron chi connectivity index (χ0n) is 16.5. The van der Waals surface area contributed by atoms with Crippen LogP contribution in [0.1, 0.15) is 52.5 Å². The van der Waals surface area contributed by atoms with E-state index in [9.17, 15) is 14.4 Å². The van der Waals surface area contributed by atoms with Gasteiger partial charge in [0.05, 0.1) is 7.11 Å². The summed E-state index contributed by atoms with van der Waals surface area (Å²) in [6, 6.07) is 12.1. The van der Waals surface area contributed by atoms with Crippen molar-refractivity contribution >= 4 is 23.3 Å². The number of amides is 2. The summed E-state index contributed by atoms with van der Waals surface area (Å²) in [7, 11) is 1.57. The SMILES string of the molecule is CCNC(=O)c1ccc(C)c(NC(=O)CCCC(=O)c2ccc(OC)cc2)c1. The Labute approximate surface area is 165 Å². The third kappa shape index (κ3) is 5.94. The van der Waals surface area contributed by atoms with Crippen molar-refractivity contribution in [2.75, 3.05) is 19.0 Å². The molecule has 6 nitrogen and oxygen atoms in total. The van der Waals surface area contributed by atoms with E-state index in [1.165, 1.54) is 0 Å². The number of methoxy groups -OCH3 is 1. The van der Waals surface area contributed by atoms with E-state index >= 15 is 0 Å². The van der Waals surface area contributed by atoms with E-state index in [0.717, 1.165) is 5.56 Å². The number of Topliss-reactive ketones (excluding diaryl/α,β-unsaturated/α-hetero) is 1. The molecule has 0 unspecified atom stereocenters. The van der Waals surface area contributed by atoms with E-state index in [1.807, 2.05) is 13.8 Å². The molecule has 0 aliphatic carbocycles. The first kappa shape index (κ1) is 21.2. The second-order valence-corrected chi connectivity index (χ2v) is 6.44. The van der Waals surface area contributed by atoms with Gasteiger partial charge in [-0.25, -0.2) is 0 Å². The van der Waals surface area contributed by atoms with Crippen molar-refractivity contribution in [2.45, 2.75) is 33.1 Å². The quantitative estimate of drug-likeness (QED) is 0.647. The van der Waals surface area contributed by atoms with E-state index in [4.69, 9.17) is 4.74 Å². The van der Waals surface area contributed by atoms with Gasteiger partial charge in [-0.15, -0.1) is 0 Å². The smallest absolute Gasteiger partial charge is 0.251 e. The minimum Gasteiger partial charge on any atom is -0.497 e. The highest BCUT2D eigenvalue weighted by atomic mass is 16.5. The number of aryl methyl sites for hydroxylation is 1. The number of benzene rings is 2. The highest BCUT2D eigenvalue weighted by molar-refractivity contribution is 5.98. The maximum atomic E-state index is 12.2. The summed E-state index contributed by atoms with van der Waals surface area (Å²) in [4.78, 5) is 36.4. The van der Waals surface area contributed by atoms with Gasteiger partial charge in [-0.05, 0) is 62.2 Å². The third-order valence-corrected chi connectivity index (χ3v) is 4.33. The Morgan fingerprint density at radius 3 is 2.29 bits per heavy atom. The Balaban J connectivity index is 1.87. The molecule has 2 aromatic rings. The molecule has 0 radical (unpaired) electrons. The zero-order chi connectivity index (χ0) is 20.5. The minimum absolute atomic E-state index is 0.00938. The van der Waals surface area contributed by atoms with Crippen LogP contribution in [-0.2, 0) is 4.79 Å². The van der Waals surface area contributed by atoms with Crippen LogP contribution in [0.5, 0.6) is 5.75 Å². The first-order valence-electron chi connectivity index (χ1n) is 9.30. The van der Waals surface area contributed by atoms with Gasteiger partial charge in [-0.2, -0.15) is 0 Å². The molecular formula is C22H26N2O4. The summed E-state index contributed by atoms with van der Waals surface area (Å²) in [6.07, 6.45) is 0.968. The largest absolute Gasteiger partial charge is 0.497 e. The van der Waals surface area contributed by atoms with Crippen LogP contribution in [0.25, 0.3) is 0 Å². The molecule has 0 aromatic heterocycles. The van der Waals surface area contributed by atoms with Crippen molar-refractivity contribution in [3.63, 3.8) is 0 Å². The van der Waals surface area contributed by atoms with Gasteiger partial charge in [0.15, 0.2) is 5.78 Å². The molecule has 0 aliphatic heterocycles.